The van der Waals surface area contributed by atoms with Gasteiger partial charge >= 0.3 is 5.97 Å². The lowest BCUT2D eigenvalue weighted by Gasteiger charge is -2.08. The third-order valence-corrected chi connectivity index (χ3v) is 3.72. The molecule has 0 aliphatic carbocycles. The normalized spacial score (nSPS) is 16.2. The first-order valence-electron chi connectivity index (χ1n) is 6.14. The lowest BCUT2D eigenvalue weighted by atomic mass is 10.1. The molecule has 0 saturated carbocycles. The predicted molar refractivity (Wildman–Crippen MR) is 79.7 cm³/mol. The average Bonchev–Trinajstić information content (AvgIpc) is 2.74. The van der Waals surface area contributed by atoms with Gasteiger partial charge in [0.05, 0.1) is 17.6 Å². The molecular weight excluding hydrogens is 308 g/mol. The van der Waals surface area contributed by atoms with E-state index in [1.807, 2.05) is 0 Å². The van der Waals surface area contributed by atoms with Gasteiger partial charge in [0.2, 0.25) is 5.91 Å². The minimum Gasteiger partial charge on any atom is -0.465 e. The van der Waals surface area contributed by atoms with E-state index in [0.717, 1.165) is 16.7 Å². The van der Waals surface area contributed by atoms with Crippen molar-refractivity contribution in [3.63, 3.8) is 0 Å². The Bertz CT molecular complexity index is 681. The molecule has 0 spiro atoms. The minimum absolute atomic E-state index is 0.192. The Morgan fingerprint density at radius 3 is 2.45 bits per heavy atom. The highest BCUT2D eigenvalue weighted by atomic mass is 32.2. The zero-order valence-electron chi connectivity index (χ0n) is 11.6. The second-order valence-corrected chi connectivity index (χ2v) is 5.34. The van der Waals surface area contributed by atoms with Crippen LogP contribution in [0.2, 0.25) is 0 Å². The molecule has 114 valence electrons. The summed E-state index contributed by atoms with van der Waals surface area (Å²) in [5.41, 5.74) is 6.01. The molecule has 1 aliphatic rings. The molecule has 0 aromatic heterocycles. The quantitative estimate of drug-likeness (QED) is 0.655. The van der Waals surface area contributed by atoms with Crippen LogP contribution in [0.3, 0.4) is 0 Å². The molecule has 0 bridgehead atoms. The van der Waals surface area contributed by atoms with Crippen molar-refractivity contribution >= 4 is 40.9 Å². The van der Waals surface area contributed by atoms with Crippen LogP contribution in [0.5, 0.6) is 0 Å². The smallest absolute Gasteiger partial charge is 0.337 e. The number of methoxy groups -OCH3 is 1. The van der Waals surface area contributed by atoms with Gasteiger partial charge in [-0.2, -0.15) is 0 Å². The van der Waals surface area contributed by atoms with Crippen LogP contribution >= 0.6 is 11.8 Å². The van der Waals surface area contributed by atoms with Gasteiger partial charge in [-0.1, -0.05) is 12.1 Å². The first-order chi connectivity index (χ1) is 10.4. The highest BCUT2D eigenvalue weighted by molar-refractivity contribution is 8.18. The Balaban J connectivity index is 2.19. The van der Waals surface area contributed by atoms with Crippen molar-refractivity contribution in [2.45, 2.75) is 0 Å². The van der Waals surface area contributed by atoms with Crippen LogP contribution in [0.1, 0.15) is 15.9 Å². The number of carbonyl (C=O) groups is 4. The average molecular weight is 320 g/mol. The van der Waals surface area contributed by atoms with Gasteiger partial charge in [0, 0.05) is 0 Å². The Morgan fingerprint density at radius 2 is 1.91 bits per heavy atom. The van der Waals surface area contributed by atoms with E-state index in [1.165, 1.54) is 13.2 Å². The molecule has 22 heavy (non-hydrogen) atoms. The summed E-state index contributed by atoms with van der Waals surface area (Å²) in [5.74, 6) is -1.79. The second kappa shape index (κ2) is 6.44. The molecule has 8 heteroatoms. The van der Waals surface area contributed by atoms with Gasteiger partial charge < -0.3 is 10.5 Å². The monoisotopic (exact) mass is 320 g/mol. The molecule has 1 fully saturated rings. The molecule has 1 aromatic carbocycles. The summed E-state index contributed by atoms with van der Waals surface area (Å²) in [7, 11) is 1.28. The zero-order valence-corrected chi connectivity index (χ0v) is 12.4. The number of ether oxygens (including phenoxy) is 1. The van der Waals surface area contributed by atoms with Gasteiger partial charge in [-0.3, -0.25) is 19.3 Å². The number of primary amides is 1. The number of hydrogen-bond donors (Lipinski definition) is 1. The van der Waals surface area contributed by atoms with E-state index >= 15 is 0 Å². The highest BCUT2D eigenvalue weighted by Crippen LogP contribution is 2.31. The van der Waals surface area contributed by atoms with Gasteiger partial charge in [-0.25, -0.2) is 4.79 Å². The number of benzene rings is 1. The number of rotatable bonds is 4. The van der Waals surface area contributed by atoms with Crippen LogP contribution in [-0.2, 0) is 14.3 Å². The summed E-state index contributed by atoms with van der Waals surface area (Å²) in [4.78, 5) is 46.8. The van der Waals surface area contributed by atoms with Gasteiger partial charge in [0.15, 0.2) is 0 Å². The molecule has 0 atom stereocenters. The standard InChI is InChI=1S/C14H12N2O5S/c1-21-13(19)9-4-2-8(3-5-9)6-10-12(18)16(7-11(15)17)14(20)22-10/h2-6H,7H2,1H3,(H2,15,17)/b10-6-. The number of carbonyl (C=O) groups excluding carboxylic acids is 4. The van der Waals surface area contributed by atoms with Crippen LogP contribution in [0.15, 0.2) is 29.2 Å². The van der Waals surface area contributed by atoms with E-state index < -0.39 is 29.6 Å². The summed E-state index contributed by atoms with van der Waals surface area (Å²) in [6.07, 6.45) is 1.51. The molecule has 2 N–H and O–H groups in total. The second-order valence-electron chi connectivity index (χ2n) is 4.35. The number of amides is 3. The first kappa shape index (κ1) is 15.8. The number of hydrogen-bond acceptors (Lipinski definition) is 6. The molecule has 1 saturated heterocycles. The topological polar surface area (TPSA) is 107 Å². The fourth-order valence-electron chi connectivity index (χ4n) is 1.78. The summed E-state index contributed by atoms with van der Waals surface area (Å²) in [6.45, 7) is -0.441. The van der Waals surface area contributed by atoms with Crippen LogP contribution in [0, 0.1) is 0 Å². The Labute approximate surface area is 130 Å². The zero-order chi connectivity index (χ0) is 16.3. The van der Waals surface area contributed by atoms with E-state index in [4.69, 9.17) is 5.73 Å². The predicted octanol–water partition coefficient (Wildman–Crippen LogP) is 0.995. The Kier molecular flexibility index (Phi) is 4.62. The molecule has 0 radical (unpaired) electrons. The van der Waals surface area contributed by atoms with Crippen molar-refractivity contribution < 1.29 is 23.9 Å². The van der Waals surface area contributed by atoms with Crippen LogP contribution in [-0.4, -0.2) is 41.6 Å². The van der Waals surface area contributed by atoms with Crippen LogP contribution in [0.4, 0.5) is 4.79 Å². The van der Waals surface area contributed by atoms with Crippen LogP contribution < -0.4 is 5.73 Å². The van der Waals surface area contributed by atoms with Crippen molar-refractivity contribution in [2.24, 2.45) is 5.73 Å². The maximum Gasteiger partial charge on any atom is 0.337 e. The summed E-state index contributed by atoms with van der Waals surface area (Å²) in [6, 6.07) is 6.33. The van der Waals surface area contributed by atoms with Crippen molar-refractivity contribution in [2.75, 3.05) is 13.7 Å². The maximum atomic E-state index is 12.0. The molecule has 2 rings (SSSR count). The largest absolute Gasteiger partial charge is 0.465 e. The molecule has 0 unspecified atom stereocenters. The molecule has 1 aliphatic heterocycles. The summed E-state index contributed by atoms with van der Waals surface area (Å²) in [5, 5.41) is -0.541. The van der Waals surface area contributed by atoms with Crippen molar-refractivity contribution in [1.29, 1.82) is 0 Å². The van der Waals surface area contributed by atoms with Gasteiger partial charge in [0.1, 0.15) is 6.54 Å². The van der Waals surface area contributed by atoms with Gasteiger partial charge in [0.25, 0.3) is 11.1 Å². The number of nitrogens with zero attached hydrogens (tertiary/aromatic N) is 1. The molecule has 7 nitrogen and oxygen atoms in total. The summed E-state index contributed by atoms with van der Waals surface area (Å²) < 4.78 is 4.58. The van der Waals surface area contributed by atoms with E-state index in [9.17, 15) is 19.2 Å². The third kappa shape index (κ3) is 3.34. The third-order valence-electron chi connectivity index (χ3n) is 2.82. The molecule has 3 amide bonds. The minimum atomic E-state index is -0.758. The lowest BCUT2D eigenvalue weighted by Crippen LogP contribution is -2.36. The number of imide groups is 1. The van der Waals surface area contributed by atoms with E-state index in [0.29, 0.717) is 11.1 Å². The van der Waals surface area contributed by atoms with E-state index in [2.05, 4.69) is 4.74 Å². The first-order valence-corrected chi connectivity index (χ1v) is 6.96. The van der Waals surface area contributed by atoms with Crippen molar-refractivity contribution in [3.8, 4) is 0 Å². The SMILES string of the molecule is COC(=O)c1ccc(/C=C2\SC(=O)N(CC(N)=O)C2=O)cc1. The molecular formula is C14H12N2O5S. The maximum absolute atomic E-state index is 12.0. The summed E-state index contributed by atoms with van der Waals surface area (Å²) >= 11 is 0.733. The molecule has 1 aromatic rings. The van der Waals surface area contributed by atoms with Crippen molar-refractivity contribution in [3.05, 3.63) is 40.3 Å². The van der Waals surface area contributed by atoms with E-state index in [1.54, 1.807) is 24.3 Å². The number of thioether (sulfide) groups is 1. The Morgan fingerprint density at radius 1 is 1.27 bits per heavy atom. The van der Waals surface area contributed by atoms with Gasteiger partial charge in [-0.05, 0) is 35.5 Å². The van der Waals surface area contributed by atoms with Gasteiger partial charge in [-0.15, -0.1) is 0 Å². The van der Waals surface area contributed by atoms with E-state index in [-0.39, 0.29) is 4.91 Å². The lowest BCUT2D eigenvalue weighted by molar-refractivity contribution is -0.127. The Hall–Kier alpha value is -2.61. The van der Waals surface area contributed by atoms with Crippen LogP contribution in [0.25, 0.3) is 6.08 Å². The fraction of sp³-hybridized carbons (Fsp3) is 0.143. The number of nitrogens with two attached hydrogens (primary N) is 1. The fourth-order valence-corrected chi connectivity index (χ4v) is 2.62. The van der Waals surface area contributed by atoms with Crippen molar-refractivity contribution in [1.82, 2.24) is 4.90 Å². The number of esters is 1. The molecule has 1 heterocycles. The highest BCUT2D eigenvalue weighted by Gasteiger charge is 2.35.